The second-order valence-electron chi connectivity index (χ2n) is 5.81. The summed E-state index contributed by atoms with van der Waals surface area (Å²) in [5.41, 5.74) is 1.23. The Hall–Kier alpha value is -3.81. The van der Waals surface area contributed by atoms with Crippen molar-refractivity contribution in [1.82, 2.24) is 4.57 Å². The molecule has 0 atom stereocenters. The molecule has 8 heteroatoms. The lowest BCUT2D eigenvalue weighted by molar-refractivity contribution is -0.141. The van der Waals surface area contributed by atoms with Crippen molar-refractivity contribution < 1.29 is 28.6 Å². The van der Waals surface area contributed by atoms with E-state index in [2.05, 4.69) is 4.74 Å². The van der Waals surface area contributed by atoms with Crippen molar-refractivity contribution in [1.29, 1.82) is 0 Å². The molecule has 0 aliphatic rings. The van der Waals surface area contributed by atoms with Crippen LogP contribution in [0.5, 0.6) is 11.5 Å². The number of phenols is 1. The van der Waals surface area contributed by atoms with Crippen molar-refractivity contribution in [2.75, 3.05) is 14.2 Å². The molecule has 0 amide bonds. The number of methoxy groups -OCH3 is 2. The predicted octanol–water partition coefficient (Wildman–Crippen LogP) is 2.38. The van der Waals surface area contributed by atoms with Gasteiger partial charge in [-0.05, 0) is 35.9 Å². The van der Waals surface area contributed by atoms with Gasteiger partial charge in [-0.15, -0.1) is 0 Å². The summed E-state index contributed by atoms with van der Waals surface area (Å²) in [5, 5.41) is 9.62. The van der Waals surface area contributed by atoms with E-state index in [9.17, 15) is 19.5 Å². The normalized spacial score (nSPS) is 11.1. The fraction of sp³-hybridized carbons (Fsp3) is 0.150. The van der Waals surface area contributed by atoms with Crippen LogP contribution in [0.15, 0.2) is 51.7 Å². The van der Waals surface area contributed by atoms with Crippen LogP contribution in [0.4, 0.5) is 0 Å². The number of fused-ring (bicyclic) bond motifs is 1. The van der Waals surface area contributed by atoms with Crippen LogP contribution in [0.1, 0.15) is 15.9 Å². The molecule has 0 spiro atoms. The third-order valence-electron chi connectivity index (χ3n) is 4.11. The number of hydrogen-bond acceptors (Lipinski definition) is 7. The summed E-state index contributed by atoms with van der Waals surface area (Å²) in [5.74, 6) is -1.49. The summed E-state index contributed by atoms with van der Waals surface area (Å²) in [6.07, 6.45) is 2.87. The van der Waals surface area contributed by atoms with Crippen LogP contribution in [0.2, 0.25) is 0 Å². The van der Waals surface area contributed by atoms with Gasteiger partial charge in [0.2, 0.25) is 0 Å². The van der Waals surface area contributed by atoms with E-state index < -0.39 is 17.5 Å². The molecule has 8 nitrogen and oxygen atoms in total. The first-order valence-corrected chi connectivity index (χ1v) is 8.23. The number of ketones is 1. The summed E-state index contributed by atoms with van der Waals surface area (Å²) >= 11 is 0. The Morgan fingerprint density at radius 3 is 2.71 bits per heavy atom. The van der Waals surface area contributed by atoms with E-state index in [1.54, 1.807) is 30.3 Å². The highest BCUT2D eigenvalue weighted by Gasteiger charge is 2.18. The number of aromatic nitrogens is 1. The molecule has 3 rings (SSSR count). The molecule has 144 valence electrons. The van der Waals surface area contributed by atoms with Crippen molar-refractivity contribution >= 4 is 28.9 Å². The number of rotatable bonds is 6. The topological polar surface area (TPSA) is 108 Å². The van der Waals surface area contributed by atoms with Crippen LogP contribution in [-0.4, -0.2) is 35.6 Å². The predicted molar refractivity (Wildman–Crippen MR) is 101 cm³/mol. The molecular weight excluding hydrogens is 366 g/mol. The first-order chi connectivity index (χ1) is 13.4. The van der Waals surface area contributed by atoms with E-state index in [4.69, 9.17) is 9.15 Å². The lowest BCUT2D eigenvalue weighted by Crippen LogP contribution is -2.20. The lowest BCUT2D eigenvalue weighted by Gasteiger charge is -2.03. The lowest BCUT2D eigenvalue weighted by atomic mass is 10.1. The smallest absolute Gasteiger partial charge is 0.420 e. The SMILES string of the molecule is COC(=O)Cn1c(=O)oc2c(C(=O)/C=C/c3ccc(O)c(OC)c3)cccc21. The number of oxazole rings is 1. The molecule has 0 aliphatic carbocycles. The van der Waals surface area contributed by atoms with E-state index in [0.29, 0.717) is 11.1 Å². The van der Waals surface area contributed by atoms with Crippen molar-refractivity contribution in [3.8, 4) is 11.5 Å². The van der Waals surface area contributed by atoms with Gasteiger partial charge < -0.3 is 19.0 Å². The maximum atomic E-state index is 12.6. The number of ether oxygens (including phenoxy) is 2. The molecule has 0 radical (unpaired) electrons. The third-order valence-corrected chi connectivity index (χ3v) is 4.11. The first-order valence-electron chi connectivity index (χ1n) is 8.23. The molecule has 0 bridgehead atoms. The van der Waals surface area contributed by atoms with Crippen LogP contribution in [0.3, 0.4) is 0 Å². The molecule has 28 heavy (non-hydrogen) atoms. The van der Waals surface area contributed by atoms with Crippen LogP contribution >= 0.6 is 0 Å². The van der Waals surface area contributed by atoms with Crippen LogP contribution in [-0.2, 0) is 16.1 Å². The summed E-state index contributed by atoms with van der Waals surface area (Å²) in [6.45, 7) is -0.316. The number of para-hydroxylation sites is 1. The molecule has 1 aromatic heterocycles. The number of nitrogens with zero attached hydrogens (tertiary/aromatic N) is 1. The first kappa shape index (κ1) is 19.0. The Kier molecular flexibility index (Phi) is 5.30. The van der Waals surface area contributed by atoms with E-state index in [-0.39, 0.29) is 29.2 Å². The molecule has 0 unspecified atom stereocenters. The number of benzene rings is 2. The zero-order chi connectivity index (χ0) is 20.3. The minimum absolute atomic E-state index is 0.00975. The standard InChI is InChI=1S/C20H17NO7/c1-26-17-10-12(7-9-16(17)23)6-8-15(22)13-4-3-5-14-19(13)28-20(25)21(14)11-18(24)27-2/h3-10,23H,11H2,1-2H3/b8-6+. The molecule has 0 saturated heterocycles. The Labute approximate surface area is 159 Å². The van der Waals surface area contributed by atoms with E-state index in [1.807, 2.05) is 0 Å². The van der Waals surface area contributed by atoms with Crippen molar-refractivity contribution in [3.05, 3.63) is 64.2 Å². The minimum atomic E-state index is -0.757. The fourth-order valence-corrected chi connectivity index (χ4v) is 2.68. The van der Waals surface area contributed by atoms with E-state index >= 15 is 0 Å². The zero-order valence-electron chi connectivity index (χ0n) is 15.2. The Bertz CT molecular complexity index is 1140. The van der Waals surface area contributed by atoms with Gasteiger partial charge in [0, 0.05) is 0 Å². The summed E-state index contributed by atoms with van der Waals surface area (Å²) in [7, 11) is 2.64. The Morgan fingerprint density at radius 2 is 2.00 bits per heavy atom. The zero-order valence-corrected chi connectivity index (χ0v) is 15.2. The van der Waals surface area contributed by atoms with E-state index in [0.717, 1.165) is 4.57 Å². The molecule has 1 N–H and O–H groups in total. The summed E-state index contributed by atoms with van der Waals surface area (Å²) in [6, 6.07) is 9.35. The maximum absolute atomic E-state index is 12.6. The average Bonchev–Trinajstić information content (AvgIpc) is 3.02. The molecule has 0 saturated carbocycles. The number of esters is 1. The third kappa shape index (κ3) is 3.66. The quantitative estimate of drug-likeness (QED) is 0.395. The van der Waals surface area contributed by atoms with Crippen molar-refractivity contribution in [2.24, 2.45) is 0 Å². The highest BCUT2D eigenvalue weighted by atomic mass is 16.5. The van der Waals surface area contributed by atoms with Gasteiger partial charge in [0.25, 0.3) is 0 Å². The summed E-state index contributed by atoms with van der Waals surface area (Å²) < 4.78 is 15.9. The molecule has 0 aliphatic heterocycles. The maximum Gasteiger partial charge on any atom is 0.420 e. The highest BCUT2D eigenvalue weighted by molar-refractivity contribution is 6.13. The number of phenolic OH excluding ortho intramolecular Hbond substituents is 1. The van der Waals surface area contributed by atoms with Gasteiger partial charge in [-0.2, -0.15) is 0 Å². The molecule has 0 fully saturated rings. The number of carbonyl (C=O) groups excluding carboxylic acids is 2. The van der Waals surface area contributed by atoms with Crippen LogP contribution in [0, 0.1) is 0 Å². The molecule has 2 aromatic carbocycles. The van der Waals surface area contributed by atoms with Gasteiger partial charge >= 0.3 is 11.7 Å². The summed E-state index contributed by atoms with van der Waals surface area (Å²) in [4.78, 5) is 36.2. The highest BCUT2D eigenvalue weighted by Crippen LogP contribution is 2.27. The van der Waals surface area contributed by atoms with Crippen LogP contribution in [0.25, 0.3) is 17.2 Å². The molecule has 3 aromatic rings. The number of aromatic hydroxyl groups is 1. The number of hydrogen-bond donors (Lipinski definition) is 1. The van der Waals surface area contributed by atoms with Crippen molar-refractivity contribution in [3.63, 3.8) is 0 Å². The largest absolute Gasteiger partial charge is 0.504 e. The monoisotopic (exact) mass is 383 g/mol. The Balaban J connectivity index is 1.95. The van der Waals surface area contributed by atoms with Gasteiger partial charge in [0.1, 0.15) is 6.54 Å². The number of allylic oxidation sites excluding steroid dienone is 1. The molecular formula is C20H17NO7. The van der Waals surface area contributed by atoms with E-state index in [1.165, 1.54) is 32.4 Å². The van der Waals surface area contributed by atoms with Gasteiger partial charge in [0.15, 0.2) is 22.9 Å². The number of carbonyl (C=O) groups is 2. The average molecular weight is 383 g/mol. The minimum Gasteiger partial charge on any atom is -0.504 e. The van der Waals surface area contributed by atoms with Gasteiger partial charge in [-0.25, -0.2) is 4.79 Å². The molecule has 1 heterocycles. The van der Waals surface area contributed by atoms with Crippen LogP contribution < -0.4 is 10.5 Å². The fourth-order valence-electron chi connectivity index (χ4n) is 2.68. The van der Waals surface area contributed by atoms with Crippen molar-refractivity contribution in [2.45, 2.75) is 6.54 Å². The Morgan fingerprint density at radius 1 is 1.21 bits per heavy atom. The second kappa shape index (κ2) is 7.83. The van der Waals surface area contributed by atoms with Gasteiger partial charge in [0.05, 0.1) is 25.3 Å². The van der Waals surface area contributed by atoms with Gasteiger partial charge in [-0.3, -0.25) is 14.2 Å². The second-order valence-corrected chi connectivity index (χ2v) is 5.81. The van der Waals surface area contributed by atoms with Gasteiger partial charge in [-0.1, -0.05) is 18.2 Å².